The fourth-order valence-corrected chi connectivity index (χ4v) is 7.11. The molecule has 0 saturated carbocycles. The van der Waals surface area contributed by atoms with E-state index in [1.54, 1.807) is 0 Å². The lowest BCUT2D eigenvalue weighted by Crippen LogP contribution is -2.49. The van der Waals surface area contributed by atoms with Gasteiger partial charge in [-0.2, -0.15) is 0 Å². The maximum atomic E-state index is 14.1. The molecule has 0 saturated heterocycles. The number of carbonyl (C=O) groups is 2. The number of anilines is 1. The standard InChI is InChI=1S/C38H37N5O7/c1-4-28(44)27-19-47-34(39-27)31-32-38-23-12-8-9-13-25(23)40-36(38)49-29-15-14-22(16-24(29)38)17-26(33(45)42-30(20(2)3)35(43-31)50-32)41-37(46)48-18-21-10-6-5-7-11-21/h5-16,19-20,26,28,30,36,40,44H,4,17-18H2,1-3H3,(H,41,46)(H,42,45)/t26?,28?,30-,36-,38?/m0/s1. The monoisotopic (exact) mass is 675 g/mol. The molecule has 50 heavy (non-hydrogen) atoms. The van der Waals surface area contributed by atoms with Gasteiger partial charge in [0.25, 0.3) is 0 Å². The van der Waals surface area contributed by atoms with Gasteiger partial charge >= 0.3 is 6.09 Å². The number of alkyl carbamates (subject to hydrolysis) is 1. The van der Waals surface area contributed by atoms with Crippen LogP contribution in [0.15, 0.2) is 87.9 Å². The van der Waals surface area contributed by atoms with Crippen molar-refractivity contribution < 1.29 is 33.0 Å². The lowest BCUT2D eigenvalue weighted by Gasteiger charge is -2.28. The van der Waals surface area contributed by atoms with Gasteiger partial charge in [-0.3, -0.25) is 4.79 Å². The topological polar surface area (TPSA) is 161 Å². The van der Waals surface area contributed by atoms with Crippen LogP contribution < -0.4 is 20.7 Å². The highest BCUT2D eigenvalue weighted by atomic mass is 16.5. The number of benzene rings is 3. The van der Waals surface area contributed by atoms with Crippen LogP contribution in [0.3, 0.4) is 0 Å². The highest BCUT2D eigenvalue weighted by Gasteiger charge is 2.61. The van der Waals surface area contributed by atoms with Gasteiger partial charge in [0.05, 0.1) is 6.10 Å². The van der Waals surface area contributed by atoms with Gasteiger partial charge in [-0.25, -0.2) is 14.8 Å². The highest BCUT2D eigenvalue weighted by molar-refractivity contribution is 5.86. The van der Waals surface area contributed by atoms with Crippen molar-refractivity contribution >= 4 is 17.7 Å². The van der Waals surface area contributed by atoms with Crippen LogP contribution in [-0.4, -0.2) is 39.3 Å². The minimum absolute atomic E-state index is 0.0574. The smallest absolute Gasteiger partial charge is 0.408 e. The number of amides is 2. The molecule has 4 N–H and O–H groups in total. The largest absolute Gasteiger partial charge is 0.469 e. The Hall–Kier alpha value is -5.62. The molecule has 0 aliphatic carbocycles. The molecular formula is C38H37N5O7. The zero-order valence-corrected chi connectivity index (χ0v) is 27.8. The molecular weight excluding hydrogens is 638 g/mol. The van der Waals surface area contributed by atoms with Crippen molar-refractivity contribution in [3.05, 3.63) is 119 Å². The van der Waals surface area contributed by atoms with Crippen molar-refractivity contribution in [3.8, 4) is 17.3 Å². The summed E-state index contributed by atoms with van der Waals surface area (Å²) in [6, 6.07) is 21.3. The predicted molar refractivity (Wildman–Crippen MR) is 181 cm³/mol. The molecule has 1 spiro atoms. The van der Waals surface area contributed by atoms with E-state index in [0.29, 0.717) is 29.3 Å². The molecule has 3 aromatic carbocycles. The number of oxazole rings is 2. The van der Waals surface area contributed by atoms with Crippen LogP contribution in [0.4, 0.5) is 10.5 Å². The number of nitrogens with one attached hydrogen (secondary N) is 3. The van der Waals surface area contributed by atoms with E-state index in [1.165, 1.54) is 6.26 Å². The molecule has 2 amide bonds. The minimum Gasteiger partial charge on any atom is -0.469 e. The summed E-state index contributed by atoms with van der Waals surface area (Å²) in [5.74, 6) is 0.873. The Labute approximate surface area is 288 Å². The number of aromatic nitrogens is 2. The van der Waals surface area contributed by atoms with E-state index in [-0.39, 0.29) is 30.7 Å². The first-order valence-corrected chi connectivity index (χ1v) is 16.8. The van der Waals surface area contributed by atoms with Crippen LogP contribution in [0.2, 0.25) is 0 Å². The first-order chi connectivity index (χ1) is 24.3. The van der Waals surface area contributed by atoms with E-state index >= 15 is 0 Å². The van der Waals surface area contributed by atoms with E-state index < -0.39 is 41.8 Å². The number of nitrogens with zero attached hydrogens (tertiary/aromatic N) is 2. The minimum atomic E-state index is -1.04. The van der Waals surface area contributed by atoms with Crippen LogP contribution in [-0.2, 0) is 28.0 Å². The third-order valence-electron chi connectivity index (χ3n) is 9.69. The molecule has 12 nitrogen and oxygen atoms in total. The molecule has 3 aliphatic rings. The number of hydrogen-bond donors (Lipinski definition) is 4. The first kappa shape index (κ1) is 31.6. The summed E-state index contributed by atoms with van der Waals surface area (Å²) in [6.45, 7) is 5.81. The second-order valence-corrected chi connectivity index (χ2v) is 13.3. The van der Waals surface area contributed by atoms with E-state index in [9.17, 15) is 14.7 Å². The van der Waals surface area contributed by atoms with Gasteiger partial charge in [0.2, 0.25) is 17.7 Å². The Morgan fingerprint density at radius 2 is 1.86 bits per heavy atom. The average Bonchev–Trinajstić information content (AvgIpc) is 3.90. The summed E-state index contributed by atoms with van der Waals surface area (Å²) in [6.07, 6.45) is -0.0908. The van der Waals surface area contributed by atoms with Crippen molar-refractivity contribution in [2.75, 3.05) is 5.32 Å². The Morgan fingerprint density at radius 1 is 1.06 bits per heavy atom. The molecule has 0 fully saturated rings. The van der Waals surface area contributed by atoms with E-state index in [0.717, 1.165) is 27.9 Å². The molecule has 12 heteroatoms. The van der Waals surface area contributed by atoms with Crippen LogP contribution in [0.5, 0.6) is 5.75 Å². The fraction of sp³-hybridized carbons (Fsp3) is 0.316. The SMILES string of the molecule is CCC(O)c1coc(-c2nc3oc2C24c5ccccc5N[C@H]2Oc2ccc(cc24)CC(NC(=O)OCc2ccccc2)C(=O)N[C@H]3C(C)C)n1. The Bertz CT molecular complexity index is 2070. The Morgan fingerprint density at radius 3 is 2.66 bits per heavy atom. The van der Waals surface area contributed by atoms with Crippen molar-refractivity contribution in [1.29, 1.82) is 0 Å². The van der Waals surface area contributed by atoms with Crippen molar-refractivity contribution in [3.63, 3.8) is 0 Å². The number of aliphatic hydroxyl groups excluding tert-OH is 1. The second kappa shape index (κ2) is 12.4. The molecule has 5 aromatic rings. The number of carbonyl (C=O) groups excluding carboxylic acids is 2. The molecule has 8 rings (SSSR count). The number of fused-ring (bicyclic) bond motifs is 4. The molecule has 5 heterocycles. The second-order valence-electron chi connectivity index (χ2n) is 13.3. The number of aliphatic hydroxyl groups is 1. The highest BCUT2D eigenvalue weighted by Crippen LogP contribution is 2.59. The first-order valence-electron chi connectivity index (χ1n) is 16.8. The van der Waals surface area contributed by atoms with Crippen molar-refractivity contribution in [1.82, 2.24) is 20.6 Å². The quantitative estimate of drug-likeness (QED) is 0.163. The van der Waals surface area contributed by atoms with E-state index in [1.807, 2.05) is 93.6 Å². The molecule has 3 aliphatic heterocycles. The number of para-hydroxylation sites is 1. The third-order valence-corrected chi connectivity index (χ3v) is 9.69. The van der Waals surface area contributed by atoms with Gasteiger partial charge in [0, 0.05) is 17.7 Å². The van der Waals surface area contributed by atoms with Gasteiger partial charge in [-0.1, -0.05) is 81.4 Å². The maximum Gasteiger partial charge on any atom is 0.408 e. The van der Waals surface area contributed by atoms with Gasteiger partial charge < -0.3 is 39.4 Å². The van der Waals surface area contributed by atoms with Crippen LogP contribution in [0.25, 0.3) is 11.6 Å². The predicted octanol–water partition coefficient (Wildman–Crippen LogP) is 5.92. The normalized spacial score (nSPS) is 22.3. The van der Waals surface area contributed by atoms with Crippen molar-refractivity contribution in [2.24, 2.45) is 5.92 Å². The summed E-state index contributed by atoms with van der Waals surface area (Å²) in [5.41, 5.74) is 3.86. The lowest BCUT2D eigenvalue weighted by molar-refractivity contribution is -0.124. The van der Waals surface area contributed by atoms with E-state index in [2.05, 4.69) is 20.9 Å². The fourth-order valence-electron chi connectivity index (χ4n) is 7.11. The van der Waals surface area contributed by atoms with Gasteiger partial charge in [-0.05, 0) is 41.2 Å². The molecule has 0 radical (unpaired) electrons. The van der Waals surface area contributed by atoms with Gasteiger partial charge in [-0.15, -0.1) is 0 Å². The van der Waals surface area contributed by atoms with Crippen LogP contribution in [0.1, 0.15) is 78.9 Å². The summed E-state index contributed by atoms with van der Waals surface area (Å²) in [7, 11) is 0. The molecule has 2 aromatic heterocycles. The Kier molecular flexibility index (Phi) is 7.82. The third kappa shape index (κ3) is 5.18. The summed E-state index contributed by atoms with van der Waals surface area (Å²) in [5, 5.41) is 20.0. The van der Waals surface area contributed by atoms with Crippen LogP contribution in [0, 0.1) is 5.92 Å². The summed E-state index contributed by atoms with van der Waals surface area (Å²) >= 11 is 0. The summed E-state index contributed by atoms with van der Waals surface area (Å²) in [4.78, 5) is 36.8. The lowest BCUT2D eigenvalue weighted by atomic mass is 9.72. The van der Waals surface area contributed by atoms with Crippen molar-refractivity contribution in [2.45, 2.75) is 70.1 Å². The average molecular weight is 676 g/mol. The molecule has 4 bridgehead atoms. The Balaban J connectivity index is 1.28. The number of ether oxygens (including phenoxy) is 2. The zero-order chi connectivity index (χ0) is 34.6. The van der Waals surface area contributed by atoms with Crippen LogP contribution >= 0.6 is 0 Å². The van der Waals surface area contributed by atoms with Gasteiger partial charge in [0.1, 0.15) is 41.8 Å². The maximum absolute atomic E-state index is 14.1. The van der Waals surface area contributed by atoms with Gasteiger partial charge in [0.15, 0.2) is 17.7 Å². The van der Waals surface area contributed by atoms with E-state index in [4.69, 9.17) is 23.3 Å². The number of rotatable bonds is 7. The number of hydrogen-bond acceptors (Lipinski definition) is 10. The molecule has 3 unspecified atom stereocenters. The molecule has 256 valence electrons. The molecule has 5 atom stereocenters. The zero-order valence-electron chi connectivity index (χ0n) is 27.8. The summed E-state index contributed by atoms with van der Waals surface area (Å²) < 4.78 is 24.9.